The van der Waals surface area contributed by atoms with E-state index in [-0.39, 0.29) is 0 Å². The van der Waals surface area contributed by atoms with Gasteiger partial charge in [-0.25, -0.2) is 0 Å². The van der Waals surface area contributed by atoms with Crippen LogP contribution >= 0.6 is 11.3 Å². The van der Waals surface area contributed by atoms with Crippen molar-refractivity contribution in [2.45, 2.75) is 38.6 Å². The van der Waals surface area contributed by atoms with Crippen LogP contribution in [0.4, 0.5) is 0 Å². The molecule has 18 heavy (non-hydrogen) atoms. The molecule has 2 nitrogen and oxygen atoms in total. The number of nitrogens with zero attached hydrogens (tertiary/aromatic N) is 1. The summed E-state index contributed by atoms with van der Waals surface area (Å²) in [4.78, 5) is 2.45. The zero-order valence-corrected chi connectivity index (χ0v) is 12.5. The fourth-order valence-corrected chi connectivity index (χ4v) is 3.40. The number of nitrogens with one attached hydrogen (secondary N) is 1. The van der Waals surface area contributed by atoms with Gasteiger partial charge < -0.3 is 10.2 Å². The number of piperidine rings is 1. The molecule has 3 heteroatoms. The van der Waals surface area contributed by atoms with Crippen LogP contribution < -0.4 is 5.32 Å². The molecule has 0 amide bonds. The SMILES string of the molecule is CC(Cc1ccsc1)NCCC1CCN(C)CC1. The number of hydrogen-bond donors (Lipinski definition) is 1. The normalized spacial score (nSPS) is 20.1. The second kappa shape index (κ2) is 7.27. The highest BCUT2D eigenvalue weighted by Gasteiger charge is 2.16. The predicted molar refractivity (Wildman–Crippen MR) is 80.3 cm³/mol. The summed E-state index contributed by atoms with van der Waals surface area (Å²) in [5, 5.41) is 8.10. The fraction of sp³-hybridized carbons (Fsp3) is 0.733. The van der Waals surface area contributed by atoms with Crippen LogP contribution in [-0.4, -0.2) is 37.6 Å². The Bertz CT molecular complexity index is 315. The summed E-state index contributed by atoms with van der Waals surface area (Å²) < 4.78 is 0. The van der Waals surface area contributed by atoms with Crippen LogP contribution in [0.3, 0.4) is 0 Å². The van der Waals surface area contributed by atoms with Gasteiger partial charge in [0.05, 0.1) is 0 Å². The van der Waals surface area contributed by atoms with Crippen molar-refractivity contribution < 1.29 is 0 Å². The van der Waals surface area contributed by atoms with E-state index in [4.69, 9.17) is 0 Å². The van der Waals surface area contributed by atoms with Crippen molar-refractivity contribution in [3.8, 4) is 0 Å². The van der Waals surface area contributed by atoms with Gasteiger partial charge in [-0.05, 0) is 87.6 Å². The minimum atomic E-state index is 0.603. The van der Waals surface area contributed by atoms with Crippen LogP contribution in [0.15, 0.2) is 16.8 Å². The molecule has 1 aromatic rings. The molecule has 102 valence electrons. The third-order valence-corrected chi connectivity index (χ3v) is 4.74. The molecular formula is C15H26N2S. The average Bonchev–Trinajstić information content (AvgIpc) is 2.84. The maximum absolute atomic E-state index is 3.67. The molecular weight excluding hydrogens is 240 g/mol. The lowest BCUT2D eigenvalue weighted by atomic mass is 9.94. The van der Waals surface area contributed by atoms with Crippen LogP contribution in [-0.2, 0) is 6.42 Å². The molecule has 1 saturated heterocycles. The first-order valence-corrected chi connectivity index (χ1v) is 8.11. The molecule has 0 saturated carbocycles. The van der Waals surface area contributed by atoms with Crippen molar-refractivity contribution >= 4 is 11.3 Å². The lowest BCUT2D eigenvalue weighted by Gasteiger charge is -2.29. The number of hydrogen-bond acceptors (Lipinski definition) is 3. The van der Waals surface area contributed by atoms with Crippen LogP contribution in [0, 0.1) is 5.92 Å². The Morgan fingerprint density at radius 2 is 2.22 bits per heavy atom. The molecule has 0 aromatic carbocycles. The van der Waals surface area contributed by atoms with Crippen molar-refractivity contribution in [3.05, 3.63) is 22.4 Å². The van der Waals surface area contributed by atoms with E-state index in [2.05, 4.69) is 41.0 Å². The maximum Gasteiger partial charge on any atom is 0.00794 e. The van der Waals surface area contributed by atoms with Gasteiger partial charge in [0.25, 0.3) is 0 Å². The van der Waals surface area contributed by atoms with Gasteiger partial charge >= 0.3 is 0 Å². The summed E-state index contributed by atoms with van der Waals surface area (Å²) in [6.45, 7) is 6.05. The van der Waals surface area contributed by atoms with Gasteiger partial charge in [-0.15, -0.1) is 0 Å². The fourth-order valence-electron chi connectivity index (χ4n) is 2.72. The maximum atomic E-state index is 3.67. The first-order chi connectivity index (χ1) is 8.74. The topological polar surface area (TPSA) is 15.3 Å². The van der Waals surface area contributed by atoms with Crippen LogP contribution in [0.1, 0.15) is 31.7 Å². The third-order valence-electron chi connectivity index (χ3n) is 4.01. The Labute approximate surface area is 115 Å². The highest BCUT2D eigenvalue weighted by molar-refractivity contribution is 7.07. The highest BCUT2D eigenvalue weighted by atomic mass is 32.1. The summed E-state index contributed by atoms with van der Waals surface area (Å²) in [5.74, 6) is 0.946. The molecule has 0 aliphatic carbocycles. The minimum Gasteiger partial charge on any atom is -0.314 e. The molecule has 0 bridgehead atoms. The molecule has 0 radical (unpaired) electrons. The summed E-state index contributed by atoms with van der Waals surface area (Å²) in [6, 6.07) is 2.84. The zero-order chi connectivity index (χ0) is 12.8. The zero-order valence-electron chi connectivity index (χ0n) is 11.7. The van der Waals surface area contributed by atoms with Gasteiger partial charge in [0.2, 0.25) is 0 Å². The van der Waals surface area contributed by atoms with Crippen molar-refractivity contribution in [1.29, 1.82) is 0 Å². The molecule has 2 rings (SSSR count). The van der Waals surface area contributed by atoms with Crippen molar-refractivity contribution in [3.63, 3.8) is 0 Å². The predicted octanol–water partition coefficient (Wildman–Crippen LogP) is 3.00. The van der Waals surface area contributed by atoms with Crippen LogP contribution in [0.25, 0.3) is 0 Å². The second-order valence-corrected chi connectivity index (χ2v) is 6.51. The van der Waals surface area contributed by atoms with Crippen LogP contribution in [0.5, 0.6) is 0 Å². The van der Waals surface area contributed by atoms with Gasteiger partial charge in [0.15, 0.2) is 0 Å². The Balaban J connectivity index is 1.57. The molecule has 1 aliphatic rings. The van der Waals surface area contributed by atoms with E-state index in [9.17, 15) is 0 Å². The lowest BCUT2D eigenvalue weighted by molar-refractivity contribution is 0.210. The van der Waals surface area contributed by atoms with Gasteiger partial charge in [-0.1, -0.05) is 0 Å². The minimum absolute atomic E-state index is 0.603. The van der Waals surface area contributed by atoms with Gasteiger partial charge in [0.1, 0.15) is 0 Å². The van der Waals surface area contributed by atoms with E-state index >= 15 is 0 Å². The summed E-state index contributed by atoms with van der Waals surface area (Å²) in [6.07, 6.45) is 5.28. The number of rotatable bonds is 6. The largest absolute Gasteiger partial charge is 0.314 e. The molecule has 0 spiro atoms. The Morgan fingerprint density at radius 3 is 2.89 bits per heavy atom. The van der Waals surface area contributed by atoms with Crippen molar-refractivity contribution in [2.75, 3.05) is 26.7 Å². The van der Waals surface area contributed by atoms with Crippen molar-refractivity contribution in [2.24, 2.45) is 5.92 Å². The Hall–Kier alpha value is -0.380. The van der Waals surface area contributed by atoms with Gasteiger partial charge in [-0.2, -0.15) is 11.3 Å². The third kappa shape index (κ3) is 4.71. The summed E-state index contributed by atoms with van der Waals surface area (Å²) >= 11 is 1.80. The monoisotopic (exact) mass is 266 g/mol. The number of thiophene rings is 1. The average molecular weight is 266 g/mol. The van der Waals surface area contributed by atoms with E-state index in [0.717, 1.165) is 12.3 Å². The Kier molecular flexibility index (Phi) is 5.67. The molecule has 1 atom stereocenters. The highest BCUT2D eigenvalue weighted by Crippen LogP contribution is 2.18. The van der Waals surface area contributed by atoms with E-state index in [0.29, 0.717) is 6.04 Å². The first kappa shape index (κ1) is 14.0. The Morgan fingerprint density at radius 1 is 1.44 bits per heavy atom. The van der Waals surface area contributed by atoms with Crippen molar-refractivity contribution in [1.82, 2.24) is 10.2 Å². The smallest absolute Gasteiger partial charge is 0.00794 e. The lowest BCUT2D eigenvalue weighted by Crippen LogP contribution is -2.34. The van der Waals surface area contributed by atoms with E-state index in [1.165, 1.54) is 44.5 Å². The summed E-state index contributed by atoms with van der Waals surface area (Å²) in [7, 11) is 2.23. The standard InChI is InChI=1S/C15H26N2S/c1-13(11-15-6-10-18-12-15)16-7-3-14-4-8-17(2)9-5-14/h6,10,12-14,16H,3-5,7-9,11H2,1-2H3. The second-order valence-electron chi connectivity index (χ2n) is 5.73. The molecule has 1 aliphatic heterocycles. The first-order valence-electron chi connectivity index (χ1n) is 7.17. The molecule has 2 heterocycles. The van der Waals surface area contributed by atoms with E-state index in [1.807, 2.05) is 0 Å². The molecule has 1 unspecified atom stereocenters. The van der Waals surface area contributed by atoms with Gasteiger partial charge in [-0.3, -0.25) is 0 Å². The van der Waals surface area contributed by atoms with Crippen LogP contribution in [0.2, 0.25) is 0 Å². The molecule has 1 aromatic heterocycles. The molecule has 1 fully saturated rings. The molecule has 1 N–H and O–H groups in total. The van der Waals surface area contributed by atoms with Gasteiger partial charge in [0, 0.05) is 6.04 Å². The number of likely N-dealkylation sites (tertiary alicyclic amines) is 1. The quantitative estimate of drug-likeness (QED) is 0.851. The van der Waals surface area contributed by atoms with E-state index in [1.54, 1.807) is 11.3 Å². The van der Waals surface area contributed by atoms with E-state index < -0.39 is 0 Å². The summed E-state index contributed by atoms with van der Waals surface area (Å²) in [5.41, 5.74) is 1.47.